The first kappa shape index (κ1) is 17.1. The van der Waals surface area contributed by atoms with Crippen LogP contribution in [0.3, 0.4) is 0 Å². The van der Waals surface area contributed by atoms with Crippen LogP contribution in [0.4, 0.5) is 4.79 Å². The molecule has 130 valence electrons. The molecular formula is C21H24N2O2. The number of benzene rings is 2. The Hall–Kier alpha value is -2.75. The van der Waals surface area contributed by atoms with Crippen LogP contribution >= 0.6 is 0 Å². The maximum atomic E-state index is 12.2. The molecule has 0 aliphatic carbocycles. The minimum absolute atomic E-state index is 0.254. The summed E-state index contributed by atoms with van der Waals surface area (Å²) in [6.07, 6.45) is 2.76. The molecule has 0 saturated carbocycles. The monoisotopic (exact) mass is 336 g/mol. The van der Waals surface area contributed by atoms with E-state index in [1.165, 1.54) is 5.56 Å². The molecule has 25 heavy (non-hydrogen) atoms. The number of nitrogens with two attached hydrogens (primary N) is 1. The van der Waals surface area contributed by atoms with Gasteiger partial charge >= 0.3 is 6.09 Å². The summed E-state index contributed by atoms with van der Waals surface area (Å²) in [5, 5.41) is 0. The summed E-state index contributed by atoms with van der Waals surface area (Å²) in [5.41, 5.74) is 8.57. The predicted octanol–water partition coefficient (Wildman–Crippen LogP) is 4.07. The highest BCUT2D eigenvalue weighted by Gasteiger charge is 2.24. The van der Waals surface area contributed by atoms with Crippen LogP contribution in [-0.4, -0.2) is 24.1 Å². The fourth-order valence-electron chi connectivity index (χ4n) is 3.16. The Labute approximate surface area is 148 Å². The summed E-state index contributed by atoms with van der Waals surface area (Å²) in [4.78, 5) is 14.0. The molecular weight excluding hydrogens is 312 g/mol. The lowest BCUT2D eigenvalue weighted by Gasteiger charge is -2.31. The van der Waals surface area contributed by atoms with Gasteiger partial charge < -0.3 is 15.4 Å². The van der Waals surface area contributed by atoms with Gasteiger partial charge in [0.25, 0.3) is 0 Å². The van der Waals surface area contributed by atoms with Crippen molar-refractivity contribution in [3.05, 3.63) is 72.3 Å². The molecule has 3 rings (SSSR count). The second-order valence-electron chi connectivity index (χ2n) is 6.54. The molecule has 1 fully saturated rings. The highest BCUT2D eigenvalue weighted by atomic mass is 16.6. The SMILES string of the molecule is C=C(N)c1ccc(CC2CCN(C(=O)Oc3ccccc3)CC2)cc1. The molecule has 0 radical (unpaired) electrons. The van der Waals surface area contributed by atoms with Crippen LogP contribution in [0.1, 0.15) is 24.0 Å². The summed E-state index contributed by atoms with van der Waals surface area (Å²) in [7, 11) is 0. The van der Waals surface area contributed by atoms with Gasteiger partial charge in [-0.15, -0.1) is 0 Å². The number of carbonyl (C=O) groups excluding carboxylic acids is 1. The van der Waals surface area contributed by atoms with Gasteiger partial charge in [0, 0.05) is 18.8 Å². The van der Waals surface area contributed by atoms with Gasteiger partial charge in [-0.3, -0.25) is 0 Å². The molecule has 4 nitrogen and oxygen atoms in total. The fraction of sp³-hybridized carbons (Fsp3) is 0.286. The number of carbonyl (C=O) groups is 1. The summed E-state index contributed by atoms with van der Waals surface area (Å²) in [6, 6.07) is 17.5. The van der Waals surface area contributed by atoms with E-state index >= 15 is 0 Å². The van der Waals surface area contributed by atoms with Gasteiger partial charge in [-0.1, -0.05) is 49.0 Å². The first-order valence-electron chi connectivity index (χ1n) is 8.67. The summed E-state index contributed by atoms with van der Waals surface area (Å²) >= 11 is 0. The summed E-state index contributed by atoms with van der Waals surface area (Å²) in [6.45, 7) is 5.24. The molecule has 1 aliphatic rings. The van der Waals surface area contributed by atoms with Crippen molar-refractivity contribution >= 4 is 11.8 Å². The van der Waals surface area contributed by atoms with Gasteiger partial charge in [-0.25, -0.2) is 4.79 Å². The van der Waals surface area contributed by atoms with Crippen LogP contribution < -0.4 is 10.5 Å². The minimum Gasteiger partial charge on any atom is -0.410 e. The quantitative estimate of drug-likeness (QED) is 0.915. The molecule has 1 aliphatic heterocycles. The first-order valence-corrected chi connectivity index (χ1v) is 8.67. The van der Waals surface area contributed by atoms with Crippen LogP contribution in [0.15, 0.2) is 61.2 Å². The van der Waals surface area contributed by atoms with Crippen LogP contribution in [0.5, 0.6) is 5.75 Å². The molecule has 4 heteroatoms. The van der Waals surface area contributed by atoms with Crippen LogP contribution in [0.2, 0.25) is 0 Å². The predicted molar refractivity (Wildman–Crippen MR) is 100 cm³/mol. The van der Waals surface area contributed by atoms with E-state index in [0.717, 1.165) is 37.9 Å². The number of rotatable bonds is 4. The highest BCUT2D eigenvalue weighted by Crippen LogP contribution is 2.23. The average Bonchev–Trinajstić information content (AvgIpc) is 2.63. The van der Waals surface area contributed by atoms with Crippen molar-refractivity contribution in [2.24, 2.45) is 11.7 Å². The normalized spacial score (nSPS) is 15.0. The van der Waals surface area contributed by atoms with Crippen molar-refractivity contribution in [3.63, 3.8) is 0 Å². The molecule has 1 amide bonds. The van der Waals surface area contributed by atoms with Gasteiger partial charge in [0.2, 0.25) is 0 Å². The number of hydrogen-bond acceptors (Lipinski definition) is 3. The van der Waals surface area contributed by atoms with Gasteiger partial charge in [-0.05, 0) is 48.4 Å². The van der Waals surface area contributed by atoms with Gasteiger partial charge in [0.15, 0.2) is 0 Å². The zero-order chi connectivity index (χ0) is 17.6. The maximum absolute atomic E-state index is 12.2. The average molecular weight is 336 g/mol. The Morgan fingerprint density at radius 2 is 1.72 bits per heavy atom. The van der Waals surface area contributed by atoms with Crippen molar-refractivity contribution in [3.8, 4) is 5.75 Å². The van der Waals surface area contributed by atoms with Crippen LogP contribution in [0, 0.1) is 5.92 Å². The zero-order valence-electron chi connectivity index (χ0n) is 14.4. The first-order chi connectivity index (χ1) is 12.1. The number of amides is 1. The maximum Gasteiger partial charge on any atom is 0.415 e. The van der Waals surface area contributed by atoms with Crippen LogP contribution in [0.25, 0.3) is 5.70 Å². The smallest absolute Gasteiger partial charge is 0.410 e. The Morgan fingerprint density at radius 3 is 2.32 bits per heavy atom. The van der Waals surface area contributed by atoms with E-state index < -0.39 is 0 Å². The third-order valence-electron chi connectivity index (χ3n) is 4.67. The van der Waals surface area contributed by atoms with Gasteiger partial charge in [0.1, 0.15) is 5.75 Å². The summed E-state index contributed by atoms with van der Waals surface area (Å²) in [5.74, 6) is 1.18. The Balaban J connectivity index is 1.48. The van der Waals surface area contributed by atoms with Crippen molar-refractivity contribution in [2.45, 2.75) is 19.3 Å². The van der Waals surface area contributed by atoms with E-state index in [0.29, 0.717) is 17.4 Å². The van der Waals surface area contributed by atoms with Gasteiger partial charge in [0.05, 0.1) is 0 Å². The van der Waals surface area contributed by atoms with E-state index in [2.05, 4.69) is 18.7 Å². The molecule has 0 bridgehead atoms. The molecule has 2 N–H and O–H groups in total. The van der Waals surface area contributed by atoms with Crippen molar-refractivity contribution in [1.29, 1.82) is 0 Å². The van der Waals surface area contributed by atoms with E-state index in [-0.39, 0.29) is 6.09 Å². The van der Waals surface area contributed by atoms with Crippen molar-refractivity contribution in [2.75, 3.05) is 13.1 Å². The molecule has 1 heterocycles. The van der Waals surface area contributed by atoms with Crippen LogP contribution in [-0.2, 0) is 6.42 Å². The van der Waals surface area contributed by atoms with Gasteiger partial charge in [-0.2, -0.15) is 0 Å². The third kappa shape index (κ3) is 4.63. The highest BCUT2D eigenvalue weighted by molar-refractivity contribution is 5.70. The molecule has 1 saturated heterocycles. The molecule has 0 unspecified atom stereocenters. The number of likely N-dealkylation sites (tertiary alicyclic amines) is 1. The zero-order valence-corrected chi connectivity index (χ0v) is 14.4. The second-order valence-corrected chi connectivity index (χ2v) is 6.54. The van der Waals surface area contributed by atoms with E-state index in [1.54, 1.807) is 17.0 Å². The Bertz CT molecular complexity index is 717. The standard InChI is InChI=1S/C21H24N2O2/c1-16(22)19-9-7-17(8-10-19)15-18-11-13-23(14-12-18)21(24)25-20-5-3-2-4-6-20/h2-10,18H,1,11-15,22H2. The lowest BCUT2D eigenvalue weighted by atomic mass is 9.90. The molecule has 2 aromatic rings. The summed E-state index contributed by atoms with van der Waals surface area (Å²) < 4.78 is 5.41. The molecule has 0 spiro atoms. The third-order valence-corrected chi connectivity index (χ3v) is 4.67. The van der Waals surface area contributed by atoms with Crippen molar-refractivity contribution < 1.29 is 9.53 Å². The minimum atomic E-state index is -0.254. The topological polar surface area (TPSA) is 55.6 Å². The molecule has 0 atom stereocenters. The lowest BCUT2D eigenvalue weighted by Crippen LogP contribution is -2.40. The Morgan fingerprint density at radius 1 is 1.08 bits per heavy atom. The van der Waals surface area contributed by atoms with Crippen molar-refractivity contribution in [1.82, 2.24) is 4.90 Å². The van der Waals surface area contributed by atoms with E-state index in [4.69, 9.17) is 10.5 Å². The number of ether oxygens (including phenoxy) is 1. The molecule has 0 aromatic heterocycles. The van der Waals surface area contributed by atoms with E-state index in [9.17, 15) is 4.79 Å². The second kappa shape index (κ2) is 7.88. The number of para-hydroxylation sites is 1. The number of piperidine rings is 1. The lowest BCUT2D eigenvalue weighted by molar-refractivity contribution is 0.131. The molecule has 2 aromatic carbocycles. The Kier molecular flexibility index (Phi) is 5.39. The largest absolute Gasteiger partial charge is 0.415 e. The number of nitrogens with zero attached hydrogens (tertiary/aromatic N) is 1. The number of hydrogen-bond donors (Lipinski definition) is 1. The van der Waals surface area contributed by atoms with E-state index in [1.807, 2.05) is 30.3 Å². The fourth-order valence-corrected chi connectivity index (χ4v) is 3.16.